The van der Waals surface area contributed by atoms with Crippen LogP contribution in [-0.2, 0) is 11.2 Å². The van der Waals surface area contributed by atoms with Gasteiger partial charge in [0.2, 0.25) is 5.91 Å². The molecule has 0 aliphatic heterocycles. The van der Waals surface area contributed by atoms with Crippen LogP contribution in [0, 0.1) is 0 Å². The number of hydrogen-bond donors (Lipinski definition) is 2. The third kappa shape index (κ3) is 8.08. The van der Waals surface area contributed by atoms with E-state index in [9.17, 15) is 4.79 Å². The van der Waals surface area contributed by atoms with E-state index >= 15 is 0 Å². The predicted octanol–water partition coefficient (Wildman–Crippen LogP) is 4.49. The van der Waals surface area contributed by atoms with Gasteiger partial charge >= 0.3 is 0 Å². The van der Waals surface area contributed by atoms with Crippen LogP contribution >= 0.6 is 0 Å². The van der Waals surface area contributed by atoms with E-state index in [-0.39, 0.29) is 5.91 Å². The molecule has 0 atom stereocenters. The van der Waals surface area contributed by atoms with Gasteiger partial charge in [-0.1, -0.05) is 42.5 Å². The molecule has 34 heavy (non-hydrogen) atoms. The van der Waals surface area contributed by atoms with Crippen molar-refractivity contribution in [1.82, 2.24) is 15.6 Å². The largest absolute Gasteiger partial charge is 0.493 e. The molecule has 2 aromatic carbocycles. The molecule has 1 heterocycles. The summed E-state index contributed by atoms with van der Waals surface area (Å²) in [5, 5.41) is 6.39. The van der Waals surface area contributed by atoms with Gasteiger partial charge in [-0.15, -0.1) is 0 Å². The van der Waals surface area contributed by atoms with Crippen molar-refractivity contribution in [2.75, 3.05) is 33.9 Å². The van der Waals surface area contributed by atoms with E-state index in [0.29, 0.717) is 13.0 Å². The van der Waals surface area contributed by atoms with Crippen molar-refractivity contribution in [3.8, 4) is 22.8 Å². The van der Waals surface area contributed by atoms with E-state index in [4.69, 9.17) is 13.9 Å². The van der Waals surface area contributed by atoms with Gasteiger partial charge in [0, 0.05) is 18.5 Å². The van der Waals surface area contributed by atoms with E-state index in [1.165, 1.54) is 12.0 Å². The summed E-state index contributed by atoms with van der Waals surface area (Å²) >= 11 is 0. The monoisotopic (exact) mass is 463 g/mol. The molecule has 0 aliphatic carbocycles. The van der Waals surface area contributed by atoms with Crippen LogP contribution in [0.15, 0.2) is 65.5 Å². The van der Waals surface area contributed by atoms with Crippen molar-refractivity contribution in [3.05, 3.63) is 72.3 Å². The number of rotatable bonds is 14. The zero-order valence-electron chi connectivity index (χ0n) is 19.9. The maximum atomic E-state index is 12.0. The zero-order valence-corrected chi connectivity index (χ0v) is 19.9. The van der Waals surface area contributed by atoms with Crippen LogP contribution in [-0.4, -0.2) is 44.7 Å². The van der Waals surface area contributed by atoms with Gasteiger partial charge in [0.1, 0.15) is 0 Å². The molecule has 0 radical (unpaired) electrons. The number of amides is 1. The normalized spacial score (nSPS) is 11.0. The fourth-order valence-electron chi connectivity index (χ4n) is 3.51. The number of nitrogens with zero attached hydrogens (tertiary/aromatic N) is 1. The summed E-state index contributed by atoms with van der Waals surface area (Å²) in [5.74, 6) is 2.28. The Labute approximate surface area is 201 Å². The third-order valence-corrected chi connectivity index (χ3v) is 5.36. The van der Waals surface area contributed by atoms with Crippen molar-refractivity contribution in [2.45, 2.75) is 25.7 Å². The summed E-state index contributed by atoms with van der Waals surface area (Å²) in [6, 6.07) is 14.0. The van der Waals surface area contributed by atoms with Gasteiger partial charge in [-0.3, -0.25) is 4.79 Å². The zero-order chi connectivity index (χ0) is 24.0. The second-order valence-electron chi connectivity index (χ2n) is 7.84. The quantitative estimate of drug-likeness (QED) is 0.343. The molecule has 0 fully saturated rings. The van der Waals surface area contributed by atoms with Gasteiger partial charge in [0.05, 0.1) is 20.4 Å². The van der Waals surface area contributed by atoms with Crippen molar-refractivity contribution in [3.63, 3.8) is 0 Å². The molecule has 2 N–H and O–H groups in total. The van der Waals surface area contributed by atoms with Crippen LogP contribution in [0.25, 0.3) is 17.4 Å². The molecular weight excluding hydrogens is 430 g/mol. The molecule has 180 valence electrons. The predicted molar refractivity (Wildman–Crippen MR) is 134 cm³/mol. The number of aromatic nitrogens is 1. The van der Waals surface area contributed by atoms with E-state index in [2.05, 4.69) is 21.7 Å². The van der Waals surface area contributed by atoms with Gasteiger partial charge in [-0.2, -0.15) is 0 Å². The molecule has 0 saturated carbocycles. The molecule has 3 rings (SSSR count). The smallest absolute Gasteiger partial charge is 0.223 e. The summed E-state index contributed by atoms with van der Waals surface area (Å²) < 4.78 is 15.9. The fourth-order valence-corrected chi connectivity index (χ4v) is 3.51. The van der Waals surface area contributed by atoms with Gasteiger partial charge < -0.3 is 24.5 Å². The van der Waals surface area contributed by atoms with Crippen molar-refractivity contribution in [2.24, 2.45) is 0 Å². The Balaban J connectivity index is 1.22. The molecule has 0 aliphatic rings. The first-order valence-electron chi connectivity index (χ1n) is 11.5. The van der Waals surface area contributed by atoms with Crippen LogP contribution in [0.3, 0.4) is 0 Å². The first-order valence-corrected chi connectivity index (χ1v) is 11.5. The second kappa shape index (κ2) is 13.9. The summed E-state index contributed by atoms with van der Waals surface area (Å²) in [4.78, 5) is 15.9. The lowest BCUT2D eigenvalue weighted by atomic mass is 10.1. The van der Waals surface area contributed by atoms with E-state index < -0.39 is 0 Å². The highest BCUT2D eigenvalue weighted by Gasteiger charge is 2.04. The first-order chi connectivity index (χ1) is 16.7. The Morgan fingerprint density at radius 1 is 1.00 bits per heavy atom. The maximum Gasteiger partial charge on any atom is 0.223 e. The third-order valence-electron chi connectivity index (χ3n) is 5.36. The van der Waals surface area contributed by atoms with Crippen LogP contribution in [0.2, 0.25) is 0 Å². The minimum Gasteiger partial charge on any atom is -0.493 e. The lowest BCUT2D eigenvalue weighted by Crippen LogP contribution is -2.27. The highest BCUT2D eigenvalue weighted by Crippen LogP contribution is 2.27. The van der Waals surface area contributed by atoms with Gasteiger partial charge in [0.15, 0.2) is 23.7 Å². The molecule has 1 aromatic heterocycles. The molecule has 0 unspecified atom stereocenters. The Kier molecular flexibility index (Phi) is 10.2. The minimum atomic E-state index is 0.0305. The number of ether oxygens (including phenoxy) is 2. The number of carbonyl (C=O) groups excluding carboxylic acids is 1. The van der Waals surface area contributed by atoms with E-state index in [0.717, 1.165) is 60.7 Å². The SMILES string of the molecule is COc1ccc(CCCNCCCNC(=O)C/C=C/c2ccc(-c3cnco3)cc2)cc1OC. The number of oxazole rings is 1. The van der Waals surface area contributed by atoms with Crippen LogP contribution < -0.4 is 20.1 Å². The van der Waals surface area contributed by atoms with E-state index in [1.807, 2.05) is 48.6 Å². The second-order valence-corrected chi connectivity index (χ2v) is 7.84. The van der Waals surface area contributed by atoms with E-state index in [1.54, 1.807) is 20.4 Å². The number of benzene rings is 2. The maximum absolute atomic E-state index is 12.0. The Morgan fingerprint density at radius 2 is 1.79 bits per heavy atom. The van der Waals surface area contributed by atoms with Crippen LogP contribution in [0.4, 0.5) is 0 Å². The number of aryl methyl sites for hydroxylation is 1. The van der Waals surface area contributed by atoms with Crippen molar-refractivity contribution >= 4 is 12.0 Å². The topological polar surface area (TPSA) is 85.6 Å². The lowest BCUT2D eigenvalue weighted by molar-refractivity contribution is -0.120. The summed E-state index contributed by atoms with van der Waals surface area (Å²) in [7, 11) is 3.29. The molecule has 7 heteroatoms. The minimum absolute atomic E-state index is 0.0305. The van der Waals surface area contributed by atoms with Gasteiger partial charge in [-0.05, 0) is 55.6 Å². The number of carbonyl (C=O) groups is 1. The lowest BCUT2D eigenvalue weighted by Gasteiger charge is -2.10. The average Bonchev–Trinajstić information content (AvgIpc) is 3.41. The van der Waals surface area contributed by atoms with Gasteiger partial charge in [-0.25, -0.2) is 4.98 Å². The molecule has 0 spiro atoms. The summed E-state index contributed by atoms with van der Waals surface area (Å²) in [5.41, 5.74) is 3.24. The average molecular weight is 464 g/mol. The number of methoxy groups -OCH3 is 2. The highest BCUT2D eigenvalue weighted by molar-refractivity contribution is 5.78. The summed E-state index contributed by atoms with van der Waals surface area (Å²) in [6.45, 7) is 2.47. The Morgan fingerprint density at radius 3 is 2.53 bits per heavy atom. The highest BCUT2D eigenvalue weighted by atomic mass is 16.5. The van der Waals surface area contributed by atoms with Crippen molar-refractivity contribution in [1.29, 1.82) is 0 Å². The van der Waals surface area contributed by atoms with Crippen molar-refractivity contribution < 1.29 is 18.7 Å². The standard InChI is InChI=1S/C27H33N3O4/c1-32-24-14-11-22(18-25(24)33-2)7-4-15-28-16-5-17-30-27(31)8-3-6-21-9-12-23(13-10-21)26-19-29-20-34-26/h3,6,9-14,18-20,28H,4-5,7-8,15-17H2,1-2H3,(H,30,31)/b6-3+. The molecular formula is C27H33N3O4. The molecule has 7 nitrogen and oxygen atoms in total. The van der Waals surface area contributed by atoms with Crippen LogP contribution in [0.5, 0.6) is 11.5 Å². The fraction of sp³-hybridized carbons (Fsp3) is 0.333. The molecule has 0 bridgehead atoms. The van der Waals surface area contributed by atoms with Gasteiger partial charge in [0.25, 0.3) is 0 Å². The molecule has 0 saturated heterocycles. The Hall–Kier alpha value is -3.58. The summed E-state index contributed by atoms with van der Waals surface area (Å²) in [6.07, 6.45) is 10.2. The number of hydrogen-bond acceptors (Lipinski definition) is 6. The molecule has 3 aromatic rings. The first kappa shape index (κ1) is 25.1. The van der Waals surface area contributed by atoms with Crippen LogP contribution in [0.1, 0.15) is 30.4 Å². The Bertz CT molecular complexity index is 1030. The molecule has 1 amide bonds. The number of nitrogens with one attached hydrogen (secondary N) is 2.